The van der Waals surface area contributed by atoms with Crippen molar-refractivity contribution >= 4 is 48.1 Å². The number of carboxylic acids is 1. The van der Waals surface area contributed by atoms with E-state index in [1.165, 1.54) is 69.9 Å². The summed E-state index contributed by atoms with van der Waals surface area (Å²) in [4.78, 5) is 56.5. The van der Waals surface area contributed by atoms with Gasteiger partial charge in [0.15, 0.2) is 11.6 Å². The highest BCUT2D eigenvalue weighted by atomic mass is 31.2. The standard InChI is InChI=1S/C34H56N5O13P/c1-2-3-4-5-6-7-8-9-10-11-12-13-15-18-30(40)48-23-26(24-49-53(46,47)50-25-27(35)34(42)43)51-31(41)19-16-14-17-22-36-28-20-21-29(39(44)45)33-32(28)37-52-38-33/h20-21,26-27,36H,2-19,22-25,35H2,1H3,(H,42,43)(H,46,47)/t26-,27+/m1/s1. The Morgan fingerprint density at radius 3 is 2.00 bits per heavy atom. The molecular formula is C34H56N5O13P. The van der Waals surface area contributed by atoms with Crippen LogP contribution in [0.25, 0.3) is 11.0 Å². The van der Waals surface area contributed by atoms with Gasteiger partial charge < -0.3 is 30.5 Å². The van der Waals surface area contributed by atoms with E-state index in [1.807, 2.05) is 0 Å². The molecule has 1 aromatic carbocycles. The highest BCUT2D eigenvalue weighted by molar-refractivity contribution is 7.47. The van der Waals surface area contributed by atoms with E-state index in [-0.39, 0.29) is 29.6 Å². The maximum atomic E-state index is 12.6. The van der Waals surface area contributed by atoms with Crippen LogP contribution in [-0.4, -0.2) is 81.7 Å². The summed E-state index contributed by atoms with van der Waals surface area (Å²) in [7, 11) is -4.78. The number of hydrogen-bond donors (Lipinski definition) is 4. The Labute approximate surface area is 309 Å². The van der Waals surface area contributed by atoms with Gasteiger partial charge in [-0.1, -0.05) is 90.4 Å². The van der Waals surface area contributed by atoms with Crippen LogP contribution in [0.1, 0.15) is 122 Å². The van der Waals surface area contributed by atoms with Crippen LogP contribution >= 0.6 is 7.82 Å². The highest BCUT2D eigenvalue weighted by Gasteiger charge is 2.28. The Kier molecular flexibility index (Phi) is 22.4. The van der Waals surface area contributed by atoms with Gasteiger partial charge in [-0.2, -0.15) is 0 Å². The molecule has 0 saturated carbocycles. The number of carbonyl (C=O) groups is 3. The number of unbranched alkanes of at least 4 members (excludes halogenated alkanes) is 14. The normalized spacial score (nSPS) is 13.6. The quantitative estimate of drug-likeness (QED) is 0.0201. The fraction of sp³-hybridized carbons (Fsp3) is 0.735. The molecule has 0 saturated heterocycles. The van der Waals surface area contributed by atoms with Crippen LogP contribution in [0, 0.1) is 10.1 Å². The fourth-order valence-electron chi connectivity index (χ4n) is 5.30. The van der Waals surface area contributed by atoms with E-state index in [0.717, 1.165) is 19.3 Å². The van der Waals surface area contributed by atoms with Crippen LogP contribution in [0.5, 0.6) is 0 Å². The van der Waals surface area contributed by atoms with E-state index >= 15 is 0 Å². The Hall–Kier alpha value is -3.70. The van der Waals surface area contributed by atoms with Gasteiger partial charge in [-0.15, -0.1) is 0 Å². The lowest BCUT2D eigenvalue weighted by Gasteiger charge is -2.20. The van der Waals surface area contributed by atoms with Crippen molar-refractivity contribution in [3.05, 3.63) is 22.2 Å². The van der Waals surface area contributed by atoms with Crippen LogP contribution in [0.2, 0.25) is 0 Å². The van der Waals surface area contributed by atoms with Crippen molar-refractivity contribution in [3.8, 4) is 0 Å². The first-order valence-corrected chi connectivity index (χ1v) is 20.0. The smallest absolute Gasteiger partial charge is 0.472 e. The Morgan fingerprint density at radius 2 is 1.40 bits per heavy atom. The summed E-state index contributed by atoms with van der Waals surface area (Å²) in [6.45, 7) is 0.774. The predicted octanol–water partition coefficient (Wildman–Crippen LogP) is 6.59. The first kappa shape index (κ1) is 45.5. The number of nitro groups is 1. The first-order chi connectivity index (χ1) is 25.4. The number of fused-ring (bicyclic) bond motifs is 1. The van der Waals surface area contributed by atoms with E-state index in [1.54, 1.807) is 0 Å². The maximum absolute atomic E-state index is 12.6. The zero-order valence-corrected chi connectivity index (χ0v) is 31.5. The van der Waals surface area contributed by atoms with E-state index in [2.05, 4.69) is 31.7 Å². The number of aliphatic carboxylic acids is 1. The summed E-state index contributed by atoms with van der Waals surface area (Å²) in [5, 5.41) is 30.5. The molecule has 0 aliphatic heterocycles. The molecule has 1 unspecified atom stereocenters. The number of phosphoric ester groups is 1. The lowest BCUT2D eigenvalue weighted by Crippen LogP contribution is -2.34. The van der Waals surface area contributed by atoms with Crippen molar-refractivity contribution in [2.75, 3.05) is 31.7 Å². The van der Waals surface area contributed by atoms with Gasteiger partial charge >= 0.3 is 31.4 Å². The SMILES string of the molecule is CCCCCCCCCCCCCCCC(=O)OC[C@H](COP(=O)(O)OC[C@H](N)C(=O)O)OC(=O)CCCCCNc1ccc([N+](=O)[O-])c2nonc12. The molecule has 5 N–H and O–H groups in total. The van der Waals surface area contributed by atoms with Crippen LogP contribution in [-0.2, 0) is 37.5 Å². The third-order valence-electron chi connectivity index (χ3n) is 8.33. The molecule has 18 nitrogen and oxygen atoms in total. The summed E-state index contributed by atoms with van der Waals surface area (Å²) in [6, 6.07) is 1.24. The number of ether oxygens (including phenoxy) is 2. The lowest BCUT2D eigenvalue weighted by atomic mass is 10.0. The number of carbonyl (C=O) groups excluding carboxylic acids is 2. The van der Waals surface area contributed by atoms with Crippen molar-refractivity contribution in [2.24, 2.45) is 5.73 Å². The molecule has 1 aromatic heterocycles. The van der Waals surface area contributed by atoms with Crippen molar-refractivity contribution in [3.63, 3.8) is 0 Å². The van der Waals surface area contributed by atoms with Crippen molar-refractivity contribution < 1.29 is 57.0 Å². The summed E-state index contributed by atoms with van der Waals surface area (Å²) < 4.78 is 37.1. The second kappa shape index (κ2) is 26.1. The molecule has 2 aromatic rings. The molecule has 0 radical (unpaired) electrons. The zero-order valence-electron chi connectivity index (χ0n) is 30.6. The zero-order chi connectivity index (χ0) is 38.9. The molecule has 0 amide bonds. The number of phosphoric acid groups is 1. The number of rotatable bonds is 32. The molecule has 0 aliphatic rings. The van der Waals surface area contributed by atoms with Gasteiger partial charge in [0.1, 0.15) is 12.6 Å². The number of aromatic nitrogens is 2. The van der Waals surface area contributed by atoms with E-state index in [9.17, 15) is 34.0 Å². The number of anilines is 1. The first-order valence-electron chi connectivity index (χ1n) is 18.5. The van der Waals surface area contributed by atoms with Gasteiger partial charge in [0.05, 0.1) is 23.8 Å². The van der Waals surface area contributed by atoms with Gasteiger partial charge in [-0.25, -0.2) is 9.19 Å². The molecule has 1 heterocycles. The number of hydrogen-bond acceptors (Lipinski definition) is 15. The summed E-state index contributed by atoms with van der Waals surface area (Å²) in [5.41, 5.74) is 5.83. The Bertz CT molecular complexity index is 1440. The van der Waals surface area contributed by atoms with Gasteiger partial charge in [0.25, 0.3) is 0 Å². The lowest BCUT2D eigenvalue weighted by molar-refractivity contribution is -0.383. The number of nitrogens with two attached hydrogens (primary N) is 1. The van der Waals surface area contributed by atoms with Crippen LogP contribution in [0.3, 0.4) is 0 Å². The second-order valence-corrected chi connectivity index (χ2v) is 14.3. The number of benzene rings is 1. The number of nitrogens with one attached hydrogen (secondary N) is 1. The van der Waals surface area contributed by atoms with Crippen molar-refractivity contribution in [1.82, 2.24) is 10.3 Å². The van der Waals surface area contributed by atoms with Crippen molar-refractivity contribution in [2.45, 2.75) is 135 Å². The number of nitro benzene ring substituents is 1. The summed E-state index contributed by atoms with van der Waals surface area (Å²) >= 11 is 0. The maximum Gasteiger partial charge on any atom is 0.472 e. The van der Waals surface area contributed by atoms with Crippen LogP contribution in [0.15, 0.2) is 16.8 Å². The summed E-state index contributed by atoms with van der Waals surface area (Å²) in [6.07, 6.45) is 15.7. The molecular weight excluding hydrogens is 717 g/mol. The molecule has 0 bridgehead atoms. The van der Waals surface area contributed by atoms with E-state index < -0.39 is 62.6 Å². The van der Waals surface area contributed by atoms with E-state index in [0.29, 0.717) is 37.9 Å². The summed E-state index contributed by atoms with van der Waals surface area (Å²) in [5.74, 6) is -2.62. The van der Waals surface area contributed by atoms with Gasteiger partial charge in [-0.05, 0) is 35.6 Å². The Morgan fingerprint density at radius 1 is 0.849 bits per heavy atom. The number of carboxylic acid groups (broad SMARTS) is 1. The number of non-ortho nitro benzene ring substituents is 1. The molecule has 19 heteroatoms. The van der Waals surface area contributed by atoms with Gasteiger partial charge in [0, 0.05) is 25.5 Å². The minimum Gasteiger partial charge on any atom is -0.480 e. The topological polar surface area (TPSA) is 266 Å². The number of esters is 2. The fourth-order valence-corrected chi connectivity index (χ4v) is 6.08. The third kappa shape index (κ3) is 19.8. The molecule has 300 valence electrons. The average molecular weight is 774 g/mol. The van der Waals surface area contributed by atoms with Crippen molar-refractivity contribution in [1.29, 1.82) is 0 Å². The van der Waals surface area contributed by atoms with Gasteiger partial charge in [-0.3, -0.25) is 33.5 Å². The molecule has 2 rings (SSSR count). The average Bonchev–Trinajstić information content (AvgIpc) is 3.62. The minimum absolute atomic E-state index is 0.0147. The largest absolute Gasteiger partial charge is 0.480 e. The Balaban J connectivity index is 1.72. The predicted molar refractivity (Wildman–Crippen MR) is 194 cm³/mol. The van der Waals surface area contributed by atoms with E-state index in [4.69, 9.17) is 24.8 Å². The second-order valence-electron chi connectivity index (χ2n) is 12.9. The molecule has 0 fully saturated rings. The third-order valence-corrected chi connectivity index (χ3v) is 9.29. The monoisotopic (exact) mass is 773 g/mol. The minimum atomic E-state index is -4.78. The van der Waals surface area contributed by atoms with Crippen LogP contribution in [0.4, 0.5) is 11.4 Å². The highest BCUT2D eigenvalue weighted by Crippen LogP contribution is 2.43. The molecule has 3 atom stereocenters. The number of nitrogens with zero attached hydrogens (tertiary/aromatic N) is 3. The molecule has 0 spiro atoms. The molecule has 0 aliphatic carbocycles. The molecule has 53 heavy (non-hydrogen) atoms. The van der Waals surface area contributed by atoms with Crippen LogP contribution < -0.4 is 11.1 Å². The van der Waals surface area contributed by atoms with Gasteiger partial charge in [0.2, 0.25) is 5.52 Å².